The SMILES string of the molecule is Fc1ccc(NCc2ccccc2OCc2ccc(Cl)c(Cl)c2)cc1Cl. The molecule has 0 saturated carbocycles. The molecule has 0 aliphatic rings. The summed E-state index contributed by atoms with van der Waals surface area (Å²) < 4.78 is 19.2. The molecule has 3 rings (SSSR count). The minimum Gasteiger partial charge on any atom is -0.489 e. The van der Waals surface area contributed by atoms with Crippen LogP contribution in [0.25, 0.3) is 0 Å². The third kappa shape index (κ3) is 4.82. The fraction of sp³-hybridized carbons (Fsp3) is 0.100. The highest BCUT2D eigenvalue weighted by Crippen LogP contribution is 2.25. The fourth-order valence-corrected chi connectivity index (χ4v) is 2.89. The molecule has 0 saturated heterocycles. The molecule has 0 amide bonds. The minimum absolute atomic E-state index is 0.0825. The first-order chi connectivity index (χ1) is 12.5. The third-order valence-corrected chi connectivity index (χ3v) is 4.78. The number of benzene rings is 3. The molecule has 1 N–H and O–H groups in total. The molecule has 0 heterocycles. The number of halogens is 4. The van der Waals surface area contributed by atoms with Crippen LogP contribution >= 0.6 is 34.8 Å². The molecule has 0 radical (unpaired) electrons. The van der Waals surface area contributed by atoms with Crippen molar-refractivity contribution in [2.45, 2.75) is 13.2 Å². The zero-order chi connectivity index (χ0) is 18.5. The molecular formula is C20H15Cl3FNO. The molecule has 134 valence electrons. The van der Waals surface area contributed by atoms with Gasteiger partial charge < -0.3 is 10.1 Å². The lowest BCUT2D eigenvalue weighted by Crippen LogP contribution is -2.04. The largest absolute Gasteiger partial charge is 0.489 e. The number of anilines is 1. The van der Waals surface area contributed by atoms with E-state index in [1.165, 1.54) is 6.07 Å². The van der Waals surface area contributed by atoms with Gasteiger partial charge in [0.1, 0.15) is 18.2 Å². The summed E-state index contributed by atoms with van der Waals surface area (Å²) in [7, 11) is 0. The average Bonchev–Trinajstić information content (AvgIpc) is 2.64. The lowest BCUT2D eigenvalue weighted by Gasteiger charge is -2.13. The Labute approximate surface area is 166 Å². The van der Waals surface area contributed by atoms with Gasteiger partial charge in [-0.1, -0.05) is 59.1 Å². The van der Waals surface area contributed by atoms with Crippen LogP contribution in [0, 0.1) is 5.82 Å². The Bertz CT molecular complexity index is 843. The van der Waals surface area contributed by atoms with Gasteiger partial charge in [-0.05, 0) is 42.0 Å². The summed E-state index contributed by atoms with van der Waals surface area (Å²) in [5, 5.41) is 4.31. The first-order valence-electron chi connectivity index (χ1n) is 7.86. The van der Waals surface area contributed by atoms with Crippen molar-refractivity contribution in [2.24, 2.45) is 0 Å². The van der Waals surface area contributed by atoms with Gasteiger partial charge in [0.05, 0.1) is 15.1 Å². The predicted molar refractivity (Wildman–Crippen MR) is 106 cm³/mol. The van der Waals surface area contributed by atoms with Crippen molar-refractivity contribution < 1.29 is 9.13 Å². The van der Waals surface area contributed by atoms with E-state index in [9.17, 15) is 4.39 Å². The third-order valence-electron chi connectivity index (χ3n) is 3.75. The van der Waals surface area contributed by atoms with Crippen molar-refractivity contribution >= 4 is 40.5 Å². The lowest BCUT2D eigenvalue weighted by atomic mass is 10.2. The first kappa shape index (κ1) is 18.8. The van der Waals surface area contributed by atoms with Crippen LogP contribution in [-0.2, 0) is 13.2 Å². The van der Waals surface area contributed by atoms with E-state index in [1.807, 2.05) is 30.3 Å². The van der Waals surface area contributed by atoms with Crippen molar-refractivity contribution in [1.29, 1.82) is 0 Å². The molecule has 0 aliphatic heterocycles. The van der Waals surface area contributed by atoms with Gasteiger partial charge in [0.25, 0.3) is 0 Å². The van der Waals surface area contributed by atoms with Crippen molar-refractivity contribution in [1.82, 2.24) is 0 Å². The second-order valence-electron chi connectivity index (χ2n) is 5.63. The van der Waals surface area contributed by atoms with E-state index in [-0.39, 0.29) is 5.02 Å². The Balaban J connectivity index is 1.67. The minimum atomic E-state index is -0.442. The number of hydrogen-bond donors (Lipinski definition) is 1. The van der Waals surface area contributed by atoms with Gasteiger partial charge in [-0.3, -0.25) is 0 Å². The number of hydrogen-bond acceptors (Lipinski definition) is 2. The second-order valence-corrected chi connectivity index (χ2v) is 6.85. The van der Waals surface area contributed by atoms with Gasteiger partial charge in [-0.25, -0.2) is 4.39 Å². The number of nitrogens with one attached hydrogen (secondary N) is 1. The van der Waals surface area contributed by atoms with Crippen molar-refractivity contribution in [3.8, 4) is 5.75 Å². The van der Waals surface area contributed by atoms with E-state index >= 15 is 0 Å². The van der Waals surface area contributed by atoms with E-state index in [4.69, 9.17) is 39.5 Å². The van der Waals surface area contributed by atoms with Crippen LogP contribution in [0.5, 0.6) is 5.75 Å². The molecule has 3 aromatic rings. The summed E-state index contributed by atoms with van der Waals surface area (Å²) in [6.07, 6.45) is 0. The van der Waals surface area contributed by atoms with Gasteiger partial charge in [-0.2, -0.15) is 0 Å². The highest BCUT2D eigenvalue weighted by molar-refractivity contribution is 6.42. The van der Waals surface area contributed by atoms with Gasteiger partial charge in [0, 0.05) is 17.8 Å². The number of para-hydroxylation sites is 1. The first-order valence-corrected chi connectivity index (χ1v) is 9.00. The van der Waals surface area contributed by atoms with E-state index in [2.05, 4.69) is 5.32 Å². The molecule has 3 aromatic carbocycles. The summed E-state index contributed by atoms with van der Waals surface area (Å²) in [6, 6.07) is 17.6. The topological polar surface area (TPSA) is 21.3 Å². The van der Waals surface area contributed by atoms with Gasteiger partial charge >= 0.3 is 0 Å². The maximum atomic E-state index is 13.2. The highest BCUT2D eigenvalue weighted by atomic mass is 35.5. The van der Waals surface area contributed by atoms with Crippen LogP contribution in [0.4, 0.5) is 10.1 Å². The normalized spacial score (nSPS) is 10.6. The Kier molecular flexibility index (Phi) is 6.25. The smallest absolute Gasteiger partial charge is 0.141 e. The molecule has 0 spiro atoms. The Morgan fingerprint density at radius 1 is 0.846 bits per heavy atom. The van der Waals surface area contributed by atoms with Crippen LogP contribution in [0.15, 0.2) is 60.7 Å². The predicted octanol–water partition coefficient (Wildman–Crippen LogP) is 6.98. The summed E-state index contributed by atoms with van der Waals surface area (Å²) in [5.41, 5.74) is 2.62. The molecule has 0 atom stereocenters. The van der Waals surface area contributed by atoms with Crippen molar-refractivity contribution in [3.63, 3.8) is 0 Å². The molecular weight excluding hydrogens is 396 g/mol. The van der Waals surface area contributed by atoms with Crippen LogP contribution < -0.4 is 10.1 Å². The molecule has 0 fully saturated rings. The standard InChI is InChI=1S/C20H15Cl3FNO/c21-16-7-5-13(9-17(16)22)12-26-20-4-2-1-3-14(20)11-25-15-6-8-19(24)18(23)10-15/h1-10,25H,11-12H2. The monoisotopic (exact) mass is 409 g/mol. The molecule has 26 heavy (non-hydrogen) atoms. The van der Waals surface area contributed by atoms with Crippen LogP contribution in [0.1, 0.15) is 11.1 Å². The summed E-state index contributed by atoms with van der Waals surface area (Å²) in [4.78, 5) is 0. The molecule has 0 bridgehead atoms. The lowest BCUT2D eigenvalue weighted by molar-refractivity contribution is 0.303. The summed E-state index contributed by atoms with van der Waals surface area (Å²) in [6.45, 7) is 0.885. The maximum Gasteiger partial charge on any atom is 0.141 e. The molecule has 2 nitrogen and oxygen atoms in total. The zero-order valence-corrected chi connectivity index (χ0v) is 15.9. The van der Waals surface area contributed by atoms with Crippen molar-refractivity contribution in [2.75, 3.05) is 5.32 Å². The summed E-state index contributed by atoms with van der Waals surface area (Å²) >= 11 is 17.8. The highest BCUT2D eigenvalue weighted by Gasteiger charge is 2.06. The Morgan fingerprint density at radius 3 is 2.42 bits per heavy atom. The van der Waals surface area contributed by atoms with Crippen LogP contribution in [0.3, 0.4) is 0 Å². The summed E-state index contributed by atoms with van der Waals surface area (Å²) in [5.74, 6) is 0.307. The second kappa shape index (κ2) is 8.63. The quantitative estimate of drug-likeness (QED) is 0.473. The maximum absolute atomic E-state index is 13.2. The van der Waals surface area contributed by atoms with Gasteiger partial charge in [-0.15, -0.1) is 0 Å². The van der Waals surface area contributed by atoms with E-state index < -0.39 is 5.82 Å². The molecule has 0 unspecified atom stereocenters. The molecule has 0 aliphatic carbocycles. The molecule has 0 aromatic heterocycles. The molecule has 6 heteroatoms. The van der Waals surface area contributed by atoms with Crippen LogP contribution in [0.2, 0.25) is 15.1 Å². The average molecular weight is 411 g/mol. The fourth-order valence-electron chi connectivity index (χ4n) is 2.38. The number of ether oxygens (including phenoxy) is 1. The van der Waals surface area contributed by atoms with Crippen molar-refractivity contribution in [3.05, 3.63) is 92.7 Å². The Morgan fingerprint density at radius 2 is 1.65 bits per heavy atom. The van der Waals surface area contributed by atoms with E-state index in [0.29, 0.717) is 23.2 Å². The van der Waals surface area contributed by atoms with E-state index in [0.717, 1.165) is 22.6 Å². The zero-order valence-electron chi connectivity index (χ0n) is 13.6. The van der Waals surface area contributed by atoms with E-state index in [1.54, 1.807) is 24.3 Å². The van der Waals surface area contributed by atoms with Gasteiger partial charge in [0.2, 0.25) is 0 Å². The van der Waals surface area contributed by atoms with Gasteiger partial charge in [0.15, 0.2) is 0 Å². The Hall–Kier alpha value is -1.94. The number of rotatable bonds is 6. The van der Waals surface area contributed by atoms with Crippen LogP contribution in [-0.4, -0.2) is 0 Å².